The number of carbonyl (C=O) groups excluding carboxylic acids is 1. The van der Waals surface area contributed by atoms with Gasteiger partial charge >= 0.3 is 5.97 Å². The largest absolute Gasteiger partial charge is 0.466 e. The molecule has 2 aliphatic heterocycles. The number of esters is 1. The summed E-state index contributed by atoms with van der Waals surface area (Å²) in [5.74, 6) is 0.552. The van der Waals surface area contributed by atoms with Gasteiger partial charge in [-0.05, 0) is 43.4 Å². The first-order chi connectivity index (χ1) is 8.42. The van der Waals surface area contributed by atoms with Gasteiger partial charge in [-0.25, -0.2) is 0 Å². The minimum atomic E-state index is 0.00514. The highest BCUT2D eigenvalue weighted by atomic mass is 16.5. The molecule has 2 saturated heterocycles. The van der Waals surface area contributed by atoms with E-state index in [0.29, 0.717) is 31.0 Å². The van der Waals surface area contributed by atoms with E-state index < -0.39 is 0 Å². The summed E-state index contributed by atoms with van der Waals surface area (Å²) in [4.78, 5) is 11.8. The van der Waals surface area contributed by atoms with Gasteiger partial charge in [-0.1, -0.05) is 20.8 Å². The molecule has 0 radical (unpaired) electrons. The first-order valence-corrected chi connectivity index (χ1v) is 7.34. The zero-order valence-electron chi connectivity index (χ0n) is 12.0. The molecule has 0 aromatic rings. The molecule has 0 saturated carbocycles. The van der Waals surface area contributed by atoms with Gasteiger partial charge in [0.25, 0.3) is 0 Å². The van der Waals surface area contributed by atoms with Crippen LogP contribution in [0.5, 0.6) is 0 Å². The molecule has 2 unspecified atom stereocenters. The van der Waals surface area contributed by atoms with Gasteiger partial charge in [-0.2, -0.15) is 0 Å². The number of nitrogens with one attached hydrogen (secondary N) is 1. The van der Waals surface area contributed by atoms with E-state index in [1.54, 1.807) is 0 Å². The Kier molecular flexibility index (Phi) is 4.31. The Morgan fingerprint density at radius 1 is 1.22 bits per heavy atom. The fourth-order valence-electron chi connectivity index (χ4n) is 3.11. The Hall–Kier alpha value is -0.570. The number of ether oxygens (including phenoxy) is 1. The van der Waals surface area contributed by atoms with E-state index in [0.717, 1.165) is 19.3 Å². The summed E-state index contributed by atoms with van der Waals surface area (Å²) >= 11 is 0. The Morgan fingerprint density at radius 3 is 2.39 bits per heavy atom. The molecule has 2 atom stereocenters. The van der Waals surface area contributed by atoms with E-state index in [4.69, 9.17) is 4.74 Å². The lowest BCUT2D eigenvalue weighted by molar-refractivity contribution is -0.145. The molecule has 104 valence electrons. The van der Waals surface area contributed by atoms with Crippen molar-refractivity contribution in [2.75, 3.05) is 6.61 Å². The van der Waals surface area contributed by atoms with Crippen molar-refractivity contribution < 1.29 is 9.53 Å². The van der Waals surface area contributed by atoms with Crippen molar-refractivity contribution >= 4 is 5.97 Å². The highest BCUT2D eigenvalue weighted by Crippen LogP contribution is 2.32. The van der Waals surface area contributed by atoms with Gasteiger partial charge in [0.05, 0.1) is 6.61 Å². The third kappa shape index (κ3) is 4.27. The van der Waals surface area contributed by atoms with Crippen LogP contribution >= 0.6 is 0 Å². The third-order valence-corrected chi connectivity index (χ3v) is 4.14. The molecule has 0 aromatic carbocycles. The van der Waals surface area contributed by atoms with Crippen molar-refractivity contribution in [2.45, 2.75) is 71.4 Å². The van der Waals surface area contributed by atoms with Crippen LogP contribution in [0.15, 0.2) is 0 Å². The maximum absolute atomic E-state index is 11.8. The first-order valence-electron chi connectivity index (χ1n) is 7.34. The van der Waals surface area contributed by atoms with Gasteiger partial charge < -0.3 is 10.1 Å². The fourth-order valence-corrected chi connectivity index (χ4v) is 3.11. The van der Waals surface area contributed by atoms with Crippen molar-refractivity contribution in [1.29, 1.82) is 0 Å². The van der Waals surface area contributed by atoms with Gasteiger partial charge in [0.2, 0.25) is 0 Å². The second kappa shape index (κ2) is 5.60. The third-order valence-electron chi connectivity index (χ3n) is 4.14. The first kappa shape index (κ1) is 13.9. The highest BCUT2D eigenvalue weighted by Gasteiger charge is 2.34. The van der Waals surface area contributed by atoms with Gasteiger partial charge in [0.15, 0.2) is 0 Å². The number of fused-ring (bicyclic) bond motifs is 2. The summed E-state index contributed by atoms with van der Waals surface area (Å²) in [5.41, 5.74) is 0.244. The average molecular weight is 253 g/mol. The minimum Gasteiger partial charge on any atom is -0.466 e. The number of carbonyl (C=O) groups is 1. The SMILES string of the molecule is CC(C)(C)CCOC(=O)CC1CC2CCC(C1)N2. The lowest BCUT2D eigenvalue weighted by Gasteiger charge is -2.28. The minimum absolute atomic E-state index is 0.00514. The van der Waals surface area contributed by atoms with Crippen LogP contribution < -0.4 is 5.32 Å². The summed E-state index contributed by atoms with van der Waals surface area (Å²) in [6, 6.07) is 1.33. The number of rotatable bonds is 4. The van der Waals surface area contributed by atoms with Gasteiger partial charge in [-0.15, -0.1) is 0 Å². The van der Waals surface area contributed by atoms with E-state index in [9.17, 15) is 4.79 Å². The molecule has 2 heterocycles. The Labute approximate surface area is 111 Å². The predicted octanol–water partition coefficient (Wildman–Crippen LogP) is 2.89. The molecule has 0 aliphatic carbocycles. The highest BCUT2D eigenvalue weighted by molar-refractivity contribution is 5.69. The predicted molar refractivity (Wildman–Crippen MR) is 72.3 cm³/mol. The number of piperidine rings is 1. The number of hydrogen-bond acceptors (Lipinski definition) is 3. The van der Waals surface area contributed by atoms with Crippen molar-refractivity contribution in [3.05, 3.63) is 0 Å². The monoisotopic (exact) mass is 253 g/mol. The van der Waals surface area contributed by atoms with E-state index >= 15 is 0 Å². The van der Waals surface area contributed by atoms with E-state index in [1.165, 1.54) is 12.8 Å². The number of hydrogen-bond donors (Lipinski definition) is 1. The molecule has 3 heteroatoms. The standard InChI is InChI=1S/C15H27NO2/c1-15(2,3)6-7-18-14(17)10-11-8-12-4-5-13(9-11)16-12/h11-13,16H,4-10H2,1-3H3. The van der Waals surface area contributed by atoms with Crippen LogP contribution in [0.2, 0.25) is 0 Å². The fraction of sp³-hybridized carbons (Fsp3) is 0.933. The molecule has 1 N–H and O–H groups in total. The van der Waals surface area contributed by atoms with Crippen LogP contribution in [0.1, 0.15) is 59.3 Å². The quantitative estimate of drug-likeness (QED) is 0.783. The molecule has 0 amide bonds. The second-order valence-corrected chi connectivity index (χ2v) is 7.21. The molecule has 0 spiro atoms. The van der Waals surface area contributed by atoms with Crippen LogP contribution in [0.4, 0.5) is 0 Å². The maximum atomic E-state index is 11.8. The average Bonchev–Trinajstić information content (AvgIpc) is 2.56. The summed E-state index contributed by atoms with van der Waals surface area (Å²) in [6.07, 6.45) is 6.46. The van der Waals surface area contributed by atoms with Crippen molar-refractivity contribution in [1.82, 2.24) is 5.32 Å². The molecule has 2 bridgehead atoms. The van der Waals surface area contributed by atoms with Gasteiger partial charge in [0.1, 0.15) is 0 Å². The smallest absolute Gasteiger partial charge is 0.306 e. The van der Waals surface area contributed by atoms with Gasteiger partial charge in [-0.3, -0.25) is 4.79 Å². The Morgan fingerprint density at radius 2 is 1.83 bits per heavy atom. The van der Waals surface area contributed by atoms with Crippen molar-refractivity contribution in [3.8, 4) is 0 Å². The second-order valence-electron chi connectivity index (χ2n) is 7.21. The molecule has 2 rings (SSSR count). The summed E-state index contributed by atoms with van der Waals surface area (Å²) < 4.78 is 5.35. The summed E-state index contributed by atoms with van der Waals surface area (Å²) in [6.45, 7) is 7.09. The molecular formula is C15H27NO2. The lowest BCUT2D eigenvalue weighted by Crippen LogP contribution is -2.38. The van der Waals surface area contributed by atoms with Crippen molar-refractivity contribution in [2.24, 2.45) is 11.3 Å². The van der Waals surface area contributed by atoms with Crippen LogP contribution in [-0.4, -0.2) is 24.7 Å². The normalized spacial score (nSPS) is 31.4. The summed E-state index contributed by atoms with van der Waals surface area (Å²) in [5, 5.41) is 3.60. The van der Waals surface area contributed by atoms with E-state index in [1.807, 2.05) is 0 Å². The van der Waals surface area contributed by atoms with Crippen LogP contribution in [0, 0.1) is 11.3 Å². The van der Waals surface area contributed by atoms with Crippen molar-refractivity contribution in [3.63, 3.8) is 0 Å². The lowest BCUT2D eigenvalue weighted by atomic mass is 9.90. The maximum Gasteiger partial charge on any atom is 0.306 e. The zero-order valence-corrected chi connectivity index (χ0v) is 12.0. The van der Waals surface area contributed by atoms with Crippen LogP contribution in [-0.2, 0) is 9.53 Å². The molecule has 2 fully saturated rings. The molecule has 2 aliphatic rings. The molecule has 3 nitrogen and oxygen atoms in total. The molecule has 0 aromatic heterocycles. The van der Waals surface area contributed by atoms with Crippen LogP contribution in [0.3, 0.4) is 0 Å². The Bertz CT molecular complexity index is 283. The van der Waals surface area contributed by atoms with E-state index in [2.05, 4.69) is 26.1 Å². The van der Waals surface area contributed by atoms with Crippen LogP contribution in [0.25, 0.3) is 0 Å². The summed E-state index contributed by atoms with van der Waals surface area (Å²) in [7, 11) is 0. The topological polar surface area (TPSA) is 38.3 Å². The Balaban J connectivity index is 1.65. The van der Waals surface area contributed by atoms with Gasteiger partial charge in [0, 0.05) is 18.5 Å². The van der Waals surface area contributed by atoms with E-state index in [-0.39, 0.29) is 11.4 Å². The zero-order chi connectivity index (χ0) is 13.2. The molecule has 18 heavy (non-hydrogen) atoms. The molecular weight excluding hydrogens is 226 g/mol.